The number of rotatable bonds is 4. The maximum absolute atomic E-state index is 9.03. The Morgan fingerprint density at radius 3 is 2.40 bits per heavy atom. The van der Waals surface area contributed by atoms with Crippen molar-refractivity contribution in [3.63, 3.8) is 0 Å². The monoisotopic (exact) mass is 210 g/mol. The summed E-state index contributed by atoms with van der Waals surface area (Å²) >= 11 is 0. The summed E-state index contributed by atoms with van der Waals surface area (Å²) in [5.41, 5.74) is 3.55. The van der Waals surface area contributed by atoms with Crippen LogP contribution in [0.3, 0.4) is 0 Å². The molecule has 0 aromatic carbocycles. The highest BCUT2D eigenvalue weighted by Crippen LogP contribution is 2.48. The SMILES string of the molecule is CC1=C(C)C(C)(C)[C@@H](CCC(C)CO)C1. The molecule has 0 saturated carbocycles. The van der Waals surface area contributed by atoms with Crippen LogP contribution in [0.2, 0.25) is 0 Å². The summed E-state index contributed by atoms with van der Waals surface area (Å²) in [6.07, 6.45) is 3.67. The maximum Gasteiger partial charge on any atom is 0.0456 e. The maximum atomic E-state index is 9.03. The second kappa shape index (κ2) is 4.69. The first kappa shape index (κ1) is 12.8. The largest absolute Gasteiger partial charge is 0.396 e. The minimum absolute atomic E-state index is 0.332. The molecule has 1 heteroatoms. The van der Waals surface area contributed by atoms with Crippen molar-refractivity contribution in [2.45, 2.75) is 53.9 Å². The van der Waals surface area contributed by atoms with Gasteiger partial charge in [0.1, 0.15) is 0 Å². The van der Waals surface area contributed by atoms with E-state index in [1.807, 2.05) is 0 Å². The van der Waals surface area contributed by atoms with E-state index in [1.54, 1.807) is 11.1 Å². The molecule has 88 valence electrons. The molecule has 1 N–H and O–H groups in total. The molecule has 0 bridgehead atoms. The smallest absolute Gasteiger partial charge is 0.0456 e. The van der Waals surface area contributed by atoms with Crippen molar-refractivity contribution in [1.82, 2.24) is 0 Å². The topological polar surface area (TPSA) is 20.2 Å². The highest BCUT2D eigenvalue weighted by molar-refractivity contribution is 5.25. The van der Waals surface area contributed by atoms with E-state index in [4.69, 9.17) is 5.11 Å². The number of aliphatic hydroxyl groups excluding tert-OH is 1. The third kappa shape index (κ3) is 2.63. The van der Waals surface area contributed by atoms with Crippen LogP contribution in [0.5, 0.6) is 0 Å². The van der Waals surface area contributed by atoms with Crippen molar-refractivity contribution in [2.75, 3.05) is 6.61 Å². The van der Waals surface area contributed by atoms with E-state index in [9.17, 15) is 0 Å². The Balaban J connectivity index is 2.54. The summed E-state index contributed by atoms with van der Waals surface area (Å²) in [7, 11) is 0. The predicted molar refractivity (Wildman–Crippen MR) is 65.7 cm³/mol. The molecule has 0 amide bonds. The van der Waals surface area contributed by atoms with E-state index in [0.717, 1.165) is 12.3 Å². The van der Waals surface area contributed by atoms with Gasteiger partial charge in [-0.3, -0.25) is 0 Å². The van der Waals surface area contributed by atoms with Crippen molar-refractivity contribution in [2.24, 2.45) is 17.3 Å². The summed E-state index contributed by atoms with van der Waals surface area (Å²) in [5.74, 6) is 1.24. The fourth-order valence-electron chi connectivity index (χ4n) is 2.67. The highest BCUT2D eigenvalue weighted by Gasteiger charge is 2.37. The van der Waals surface area contributed by atoms with E-state index >= 15 is 0 Å². The number of aliphatic hydroxyl groups is 1. The fraction of sp³-hybridized carbons (Fsp3) is 0.857. The van der Waals surface area contributed by atoms with Crippen molar-refractivity contribution in [3.8, 4) is 0 Å². The zero-order valence-corrected chi connectivity index (χ0v) is 10.9. The standard InChI is InChI=1S/C14H26O/c1-10(9-15)6-7-13-8-11(2)12(3)14(13,4)5/h10,13,15H,6-9H2,1-5H3/t10?,13-/m0/s1. The normalized spacial score (nSPS) is 27.2. The zero-order valence-electron chi connectivity index (χ0n) is 10.9. The van der Waals surface area contributed by atoms with Crippen LogP contribution in [0.4, 0.5) is 0 Å². The Labute approximate surface area is 94.6 Å². The second-order valence-electron chi connectivity index (χ2n) is 5.89. The van der Waals surface area contributed by atoms with E-state index in [1.165, 1.54) is 12.8 Å². The molecule has 0 radical (unpaired) electrons. The molecular formula is C14H26O. The van der Waals surface area contributed by atoms with Gasteiger partial charge in [-0.1, -0.05) is 31.9 Å². The molecule has 1 nitrogen and oxygen atoms in total. The van der Waals surface area contributed by atoms with Gasteiger partial charge >= 0.3 is 0 Å². The fourth-order valence-corrected chi connectivity index (χ4v) is 2.67. The van der Waals surface area contributed by atoms with Crippen LogP contribution in [0.15, 0.2) is 11.1 Å². The lowest BCUT2D eigenvalue weighted by atomic mass is 9.75. The first-order valence-electron chi connectivity index (χ1n) is 6.17. The van der Waals surface area contributed by atoms with E-state index in [2.05, 4.69) is 34.6 Å². The molecule has 1 aliphatic rings. The van der Waals surface area contributed by atoms with Crippen molar-refractivity contribution >= 4 is 0 Å². The average Bonchev–Trinajstić information content (AvgIpc) is 2.38. The van der Waals surface area contributed by atoms with Gasteiger partial charge in [0, 0.05) is 6.61 Å². The summed E-state index contributed by atoms with van der Waals surface area (Å²) in [6, 6.07) is 0. The van der Waals surface area contributed by atoms with Crippen LogP contribution in [0.25, 0.3) is 0 Å². The molecule has 0 fully saturated rings. The van der Waals surface area contributed by atoms with E-state index in [-0.39, 0.29) is 0 Å². The minimum atomic E-state index is 0.332. The average molecular weight is 210 g/mol. The van der Waals surface area contributed by atoms with Crippen LogP contribution in [-0.4, -0.2) is 11.7 Å². The van der Waals surface area contributed by atoms with Crippen LogP contribution < -0.4 is 0 Å². The molecule has 2 atom stereocenters. The van der Waals surface area contributed by atoms with Gasteiger partial charge in [0.2, 0.25) is 0 Å². The van der Waals surface area contributed by atoms with Gasteiger partial charge in [0.15, 0.2) is 0 Å². The molecule has 1 unspecified atom stereocenters. The van der Waals surface area contributed by atoms with Gasteiger partial charge in [-0.25, -0.2) is 0 Å². The van der Waals surface area contributed by atoms with Gasteiger partial charge in [-0.15, -0.1) is 0 Å². The first-order valence-corrected chi connectivity index (χ1v) is 6.17. The molecule has 0 spiro atoms. The Hall–Kier alpha value is -0.300. The van der Waals surface area contributed by atoms with Crippen LogP contribution in [-0.2, 0) is 0 Å². The lowest BCUT2D eigenvalue weighted by Gasteiger charge is -2.30. The second-order valence-corrected chi connectivity index (χ2v) is 5.89. The molecule has 1 aliphatic carbocycles. The Bertz CT molecular complexity index is 250. The van der Waals surface area contributed by atoms with Crippen molar-refractivity contribution in [1.29, 1.82) is 0 Å². The van der Waals surface area contributed by atoms with E-state index < -0.39 is 0 Å². The van der Waals surface area contributed by atoms with Gasteiger partial charge in [-0.2, -0.15) is 0 Å². The minimum Gasteiger partial charge on any atom is -0.396 e. The Kier molecular flexibility index (Phi) is 3.99. The Morgan fingerprint density at radius 2 is 2.00 bits per heavy atom. The molecule has 1 rings (SSSR count). The van der Waals surface area contributed by atoms with Crippen molar-refractivity contribution in [3.05, 3.63) is 11.1 Å². The van der Waals surface area contributed by atoms with Gasteiger partial charge in [0.05, 0.1) is 0 Å². The van der Waals surface area contributed by atoms with E-state index in [0.29, 0.717) is 17.9 Å². The highest BCUT2D eigenvalue weighted by atomic mass is 16.3. The molecule has 15 heavy (non-hydrogen) atoms. The number of allylic oxidation sites excluding steroid dienone is 2. The Morgan fingerprint density at radius 1 is 1.40 bits per heavy atom. The van der Waals surface area contributed by atoms with Gasteiger partial charge in [-0.05, 0) is 50.4 Å². The number of hydrogen-bond donors (Lipinski definition) is 1. The first-order chi connectivity index (χ1) is 6.89. The summed E-state index contributed by atoms with van der Waals surface area (Å²) in [5, 5.41) is 9.03. The lowest BCUT2D eigenvalue weighted by Crippen LogP contribution is -2.21. The zero-order chi connectivity index (χ0) is 11.6. The van der Waals surface area contributed by atoms with Crippen LogP contribution in [0, 0.1) is 17.3 Å². The molecule has 0 saturated heterocycles. The van der Waals surface area contributed by atoms with Crippen LogP contribution in [0.1, 0.15) is 53.9 Å². The van der Waals surface area contributed by atoms with Crippen molar-refractivity contribution < 1.29 is 5.11 Å². The summed E-state index contributed by atoms with van der Waals surface area (Å²) in [4.78, 5) is 0. The molecule has 0 aliphatic heterocycles. The molecule has 0 aromatic heterocycles. The summed E-state index contributed by atoms with van der Waals surface area (Å²) < 4.78 is 0. The third-order valence-corrected chi connectivity index (χ3v) is 4.50. The third-order valence-electron chi connectivity index (χ3n) is 4.50. The molecule has 0 aromatic rings. The lowest BCUT2D eigenvalue weighted by molar-refractivity contribution is 0.202. The molecular weight excluding hydrogens is 184 g/mol. The number of hydrogen-bond acceptors (Lipinski definition) is 1. The van der Waals surface area contributed by atoms with Gasteiger partial charge in [0.25, 0.3) is 0 Å². The summed E-state index contributed by atoms with van der Waals surface area (Å²) in [6.45, 7) is 11.8. The quantitative estimate of drug-likeness (QED) is 0.700. The van der Waals surface area contributed by atoms with Gasteiger partial charge < -0.3 is 5.11 Å². The molecule has 0 heterocycles. The predicted octanol–water partition coefficient (Wildman–Crippen LogP) is 3.78. The van der Waals surface area contributed by atoms with Crippen LogP contribution >= 0.6 is 0 Å².